The molecule has 1 aromatic rings. The Hall–Kier alpha value is -1.67. The summed E-state index contributed by atoms with van der Waals surface area (Å²) < 4.78 is 88.3. The van der Waals surface area contributed by atoms with E-state index in [9.17, 15) is 30.7 Å². The third kappa shape index (κ3) is 2.41. The molecule has 0 aliphatic carbocycles. The van der Waals surface area contributed by atoms with Crippen LogP contribution in [0.4, 0.5) is 42.1 Å². The van der Waals surface area contributed by atoms with Gasteiger partial charge in [0.05, 0.1) is 11.4 Å². The van der Waals surface area contributed by atoms with E-state index in [1.807, 2.05) is 0 Å². The molecule has 0 radical (unpaired) electrons. The molecule has 0 aliphatic heterocycles. The van der Waals surface area contributed by atoms with Gasteiger partial charge in [-0.05, 0) is 12.1 Å². The minimum Gasteiger partial charge on any atom is -0.397 e. The van der Waals surface area contributed by atoms with Gasteiger partial charge in [0.2, 0.25) is 0 Å². The average Bonchev–Trinajstić information content (AvgIpc) is 2.24. The van der Waals surface area contributed by atoms with Gasteiger partial charge < -0.3 is 11.1 Å². The monoisotopic (exact) mass is 290 g/mol. The minimum atomic E-state index is -6.14. The molecule has 1 rings (SSSR count). The van der Waals surface area contributed by atoms with Crippen molar-refractivity contribution in [3.05, 3.63) is 23.8 Å². The highest BCUT2D eigenvalue weighted by molar-refractivity contribution is 5.67. The summed E-state index contributed by atoms with van der Waals surface area (Å²) in [6, 6.07) is 1.55. The van der Waals surface area contributed by atoms with Crippen LogP contribution < -0.4 is 11.1 Å². The van der Waals surface area contributed by atoms with Gasteiger partial charge in [0.1, 0.15) is 0 Å². The summed E-state index contributed by atoms with van der Waals surface area (Å²) >= 11 is 0. The zero-order chi connectivity index (χ0) is 15.1. The van der Waals surface area contributed by atoms with Crippen molar-refractivity contribution in [2.45, 2.75) is 18.0 Å². The van der Waals surface area contributed by atoms with Gasteiger partial charge in [0.15, 0.2) is 0 Å². The molecule has 0 spiro atoms. The van der Waals surface area contributed by atoms with Crippen LogP contribution >= 0.6 is 0 Å². The van der Waals surface area contributed by atoms with E-state index in [0.29, 0.717) is 12.1 Å². The molecule has 2 nitrogen and oxygen atoms in total. The number of hydrogen-bond donors (Lipinski definition) is 2. The first-order valence-electron chi connectivity index (χ1n) is 4.85. The summed E-state index contributed by atoms with van der Waals surface area (Å²) in [5, 5.41) is 2.44. The lowest BCUT2D eigenvalue weighted by atomic mass is 9.93. The molecule has 3 N–H and O–H groups in total. The van der Waals surface area contributed by atoms with E-state index in [0.717, 1.165) is 6.07 Å². The predicted octanol–water partition coefficient (Wildman–Crippen LogP) is 3.60. The van der Waals surface area contributed by atoms with Gasteiger partial charge >= 0.3 is 18.0 Å². The lowest BCUT2D eigenvalue weighted by Crippen LogP contribution is -2.50. The molecule has 9 heteroatoms. The van der Waals surface area contributed by atoms with Crippen molar-refractivity contribution in [1.29, 1.82) is 0 Å². The fraction of sp³-hybridized carbons (Fsp3) is 0.400. The SMILES string of the molecule is CNc1ccc(C(F)(C(F)(F)F)C(F)(F)F)cc1N. The predicted molar refractivity (Wildman–Crippen MR) is 55.3 cm³/mol. The van der Waals surface area contributed by atoms with Gasteiger partial charge in [-0.15, -0.1) is 0 Å². The Morgan fingerprint density at radius 2 is 1.42 bits per heavy atom. The number of anilines is 2. The summed E-state index contributed by atoms with van der Waals surface area (Å²) in [6.45, 7) is 0. The Morgan fingerprint density at radius 3 is 1.74 bits per heavy atom. The first-order chi connectivity index (χ1) is 8.45. The summed E-state index contributed by atoms with van der Waals surface area (Å²) in [5.41, 5.74) is -2.14. The highest BCUT2D eigenvalue weighted by Gasteiger charge is 2.73. The molecule has 0 unspecified atom stereocenters. The standard InChI is InChI=1S/C10H9F7N2/c1-19-7-3-2-5(4-6(7)18)8(11,9(12,13)14)10(15,16)17/h2-4,19H,18H2,1H3. The van der Waals surface area contributed by atoms with E-state index >= 15 is 0 Å². The van der Waals surface area contributed by atoms with Gasteiger partial charge in [-0.1, -0.05) is 6.07 Å². The van der Waals surface area contributed by atoms with Crippen LogP contribution in [0.3, 0.4) is 0 Å². The van der Waals surface area contributed by atoms with E-state index < -0.39 is 29.3 Å². The molecule has 0 saturated carbocycles. The Morgan fingerprint density at radius 1 is 0.947 bits per heavy atom. The number of hydrogen-bond acceptors (Lipinski definition) is 2. The van der Waals surface area contributed by atoms with Crippen LogP contribution in [0.15, 0.2) is 18.2 Å². The minimum absolute atomic E-state index is 0.0930. The number of nitrogens with two attached hydrogens (primary N) is 1. The number of halogens is 7. The maximum atomic E-state index is 13.6. The Bertz CT molecular complexity index is 450. The van der Waals surface area contributed by atoms with Crippen LogP contribution in [0.5, 0.6) is 0 Å². The van der Waals surface area contributed by atoms with Gasteiger partial charge in [0, 0.05) is 12.6 Å². The van der Waals surface area contributed by atoms with E-state index in [1.165, 1.54) is 7.05 Å². The topological polar surface area (TPSA) is 38.0 Å². The molecule has 0 amide bonds. The molecule has 0 atom stereocenters. The maximum absolute atomic E-state index is 13.6. The Labute approximate surface area is 103 Å². The molecule has 19 heavy (non-hydrogen) atoms. The fourth-order valence-corrected chi connectivity index (χ4v) is 1.49. The van der Waals surface area contributed by atoms with E-state index in [1.54, 1.807) is 0 Å². The van der Waals surface area contributed by atoms with Crippen LogP contribution in [0.2, 0.25) is 0 Å². The van der Waals surface area contributed by atoms with E-state index in [2.05, 4.69) is 5.32 Å². The number of rotatable bonds is 2. The molecule has 1 aromatic carbocycles. The van der Waals surface area contributed by atoms with Gasteiger partial charge in [-0.2, -0.15) is 26.3 Å². The van der Waals surface area contributed by atoms with Crippen LogP contribution in [0.25, 0.3) is 0 Å². The third-order valence-corrected chi connectivity index (χ3v) is 2.50. The number of nitrogens with one attached hydrogen (secondary N) is 1. The van der Waals surface area contributed by atoms with Crippen molar-refractivity contribution in [3.63, 3.8) is 0 Å². The molecule has 0 bridgehead atoms. The van der Waals surface area contributed by atoms with Crippen molar-refractivity contribution < 1.29 is 30.7 Å². The molecule has 0 saturated heterocycles. The largest absolute Gasteiger partial charge is 0.435 e. The quantitative estimate of drug-likeness (QED) is 0.645. The summed E-state index contributed by atoms with van der Waals surface area (Å²) in [6.07, 6.45) is -12.3. The number of benzene rings is 1. The molecule has 0 aromatic heterocycles. The fourth-order valence-electron chi connectivity index (χ4n) is 1.49. The third-order valence-electron chi connectivity index (χ3n) is 2.50. The van der Waals surface area contributed by atoms with Crippen molar-refractivity contribution >= 4 is 11.4 Å². The van der Waals surface area contributed by atoms with Gasteiger partial charge in [-0.3, -0.25) is 0 Å². The second-order valence-electron chi connectivity index (χ2n) is 3.71. The highest BCUT2D eigenvalue weighted by atomic mass is 19.4. The van der Waals surface area contributed by atoms with Crippen molar-refractivity contribution in [3.8, 4) is 0 Å². The lowest BCUT2D eigenvalue weighted by Gasteiger charge is -2.30. The molecular formula is C10H9F7N2. The normalized spacial score (nSPS) is 13.5. The van der Waals surface area contributed by atoms with Crippen molar-refractivity contribution in [2.24, 2.45) is 0 Å². The maximum Gasteiger partial charge on any atom is 0.435 e. The van der Waals surface area contributed by atoms with Crippen molar-refractivity contribution in [1.82, 2.24) is 0 Å². The second-order valence-corrected chi connectivity index (χ2v) is 3.71. The first-order valence-corrected chi connectivity index (χ1v) is 4.85. The summed E-state index contributed by atoms with van der Waals surface area (Å²) in [4.78, 5) is 0. The van der Waals surface area contributed by atoms with Crippen molar-refractivity contribution in [2.75, 3.05) is 18.1 Å². The zero-order valence-corrected chi connectivity index (χ0v) is 9.46. The Balaban J connectivity index is 3.48. The lowest BCUT2D eigenvalue weighted by molar-refractivity contribution is -0.348. The summed E-state index contributed by atoms with van der Waals surface area (Å²) in [7, 11) is 1.36. The first kappa shape index (κ1) is 15.4. The molecule has 0 fully saturated rings. The molecule has 108 valence electrons. The molecule has 0 heterocycles. The number of nitrogen functional groups attached to an aromatic ring is 1. The van der Waals surface area contributed by atoms with E-state index in [-0.39, 0.29) is 5.69 Å². The zero-order valence-electron chi connectivity index (χ0n) is 9.46. The summed E-state index contributed by atoms with van der Waals surface area (Å²) in [5.74, 6) is 0. The Kier molecular flexibility index (Phi) is 3.61. The molecule has 0 aliphatic rings. The van der Waals surface area contributed by atoms with Crippen LogP contribution in [-0.4, -0.2) is 19.4 Å². The van der Waals surface area contributed by atoms with E-state index in [4.69, 9.17) is 5.73 Å². The van der Waals surface area contributed by atoms with Crippen LogP contribution in [-0.2, 0) is 5.67 Å². The van der Waals surface area contributed by atoms with Gasteiger partial charge in [0.25, 0.3) is 0 Å². The van der Waals surface area contributed by atoms with Crippen LogP contribution in [0.1, 0.15) is 5.56 Å². The smallest absolute Gasteiger partial charge is 0.397 e. The average molecular weight is 290 g/mol. The second kappa shape index (κ2) is 4.46. The highest BCUT2D eigenvalue weighted by Crippen LogP contribution is 2.53. The number of alkyl halides is 7. The van der Waals surface area contributed by atoms with Gasteiger partial charge in [-0.25, -0.2) is 4.39 Å². The molecular weight excluding hydrogens is 281 g/mol. The van der Waals surface area contributed by atoms with Crippen LogP contribution in [0, 0.1) is 0 Å².